The molecule has 0 spiro atoms. The van der Waals surface area contributed by atoms with Crippen LogP contribution in [0.2, 0.25) is 0 Å². The Morgan fingerprint density at radius 1 is 1.03 bits per heavy atom. The first-order valence-electron chi connectivity index (χ1n) is 9.13. The standard InChI is InChI=1S/C19H18F6N4O2/c1-10(2)19(24,25)30-9-16-28-27-15-5-4-12(8-29(15)16)13-6-14(20)17(26-7-13)31-11(3)18(21,22)23/h4-8,10-11H,9H2,1-3H3/t11-/m1/s1. The molecule has 12 heteroatoms. The summed E-state index contributed by atoms with van der Waals surface area (Å²) in [4.78, 5) is 3.62. The number of pyridine rings is 2. The van der Waals surface area contributed by atoms with Gasteiger partial charge in [-0.1, -0.05) is 13.8 Å². The van der Waals surface area contributed by atoms with Gasteiger partial charge in [0.1, 0.15) is 6.61 Å². The fourth-order valence-corrected chi connectivity index (χ4v) is 2.44. The number of nitrogens with zero attached hydrogens (tertiary/aromatic N) is 4. The van der Waals surface area contributed by atoms with Crippen LogP contribution in [0.3, 0.4) is 0 Å². The molecule has 0 bridgehead atoms. The summed E-state index contributed by atoms with van der Waals surface area (Å²) in [5.74, 6) is -2.83. The molecule has 0 aliphatic rings. The van der Waals surface area contributed by atoms with Crippen molar-refractivity contribution in [3.63, 3.8) is 0 Å². The van der Waals surface area contributed by atoms with Crippen LogP contribution >= 0.6 is 0 Å². The molecule has 0 aliphatic carbocycles. The Hall–Kier alpha value is -2.89. The van der Waals surface area contributed by atoms with E-state index in [4.69, 9.17) is 0 Å². The minimum Gasteiger partial charge on any atom is -0.463 e. The zero-order valence-corrected chi connectivity index (χ0v) is 16.6. The maximum Gasteiger partial charge on any atom is 0.425 e. The molecule has 168 valence electrons. The van der Waals surface area contributed by atoms with Crippen molar-refractivity contribution in [2.75, 3.05) is 0 Å². The number of aromatic nitrogens is 4. The van der Waals surface area contributed by atoms with E-state index in [1.807, 2.05) is 0 Å². The fourth-order valence-electron chi connectivity index (χ4n) is 2.44. The summed E-state index contributed by atoms with van der Waals surface area (Å²) >= 11 is 0. The van der Waals surface area contributed by atoms with E-state index in [2.05, 4.69) is 24.7 Å². The molecule has 0 unspecified atom stereocenters. The summed E-state index contributed by atoms with van der Waals surface area (Å²) in [6.45, 7) is 2.83. The average Bonchev–Trinajstić information content (AvgIpc) is 3.09. The highest BCUT2D eigenvalue weighted by atomic mass is 19.4. The number of ether oxygens (including phenoxy) is 2. The van der Waals surface area contributed by atoms with Crippen LogP contribution in [0.1, 0.15) is 26.6 Å². The van der Waals surface area contributed by atoms with Crippen molar-refractivity contribution in [3.8, 4) is 17.0 Å². The lowest BCUT2D eigenvalue weighted by atomic mass is 10.1. The smallest absolute Gasteiger partial charge is 0.425 e. The SMILES string of the molecule is CC(C)C(F)(F)OCc1nnc2ccc(-c3cnc(O[C@H](C)C(F)(F)F)c(F)c3)cn12. The molecule has 0 amide bonds. The first-order valence-corrected chi connectivity index (χ1v) is 9.13. The maximum atomic E-state index is 14.3. The summed E-state index contributed by atoms with van der Waals surface area (Å²) in [7, 11) is 0. The number of halogens is 6. The Morgan fingerprint density at radius 2 is 1.74 bits per heavy atom. The van der Waals surface area contributed by atoms with Crippen LogP contribution in [0.15, 0.2) is 30.6 Å². The van der Waals surface area contributed by atoms with Crippen molar-refractivity contribution in [3.05, 3.63) is 42.2 Å². The molecule has 3 aromatic heterocycles. The van der Waals surface area contributed by atoms with Gasteiger partial charge in [0.15, 0.2) is 23.4 Å². The lowest BCUT2D eigenvalue weighted by Crippen LogP contribution is -2.31. The minimum absolute atomic E-state index is 0.0876. The molecule has 31 heavy (non-hydrogen) atoms. The molecule has 3 rings (SSSR count). The van der Waals surface area contributed by atoms with E-state index in [0.717, 1.165) is 19.2 Å². The Bertz CT molecular complexity index is 1070. The number of alkyl halides is 5. The second kappa shape index (κ2) is 8.33. The quantitative estimate of drug-likeness (QED) is 0.475. The Kier molecular flexibility index (Phi) is 6.12. The van der Waals surface area contributed by atoms with E-state index in [9.17, 15) is 26.3 Å². The Morgan fingerprint density at radius 3 is 2.35 bits per heavy atom. The summed E-state index contributed by atoms with van der Waals surface area (Å²) in [5, 5.41) is 7.68. The number of rotatable bonds is 7. The monoisotopic (exact) mass is 448 g/mol. The molecule has 6 nitrogen and oxygen atoms in total. The predicted octanol–water partition coefficient (Wildman–Crippen LogP) is 5.03. The van der Waals surface area contributed by atoms with Crippen molar-refractivity contribution >= 4 is 5.65 Å². The lowest BCUT2D eigenvalue weighted by molar-refractivity contribution is -0.272. The number of hydrogen-bond donors (Lipinski definition) is 0. The van der Waals surface area contributed by atoms with Gasteiger partial charge in [-0.3, -0.25) is 4.40 Å². The van der Waals surface area contributed by atoms with Crippen LogP contribution in [-0.2, 0) is 11.3 Å². The second-order valence-corrected chi connectivity index (χ2v) is 7.08. The summed E-state index contributed by atoms with van der Waals surface area (Å²) < 4.78 is 90.1. The molecule has 0 saturated carbocycles. The zero-order valence-electron chi connectivity index (χ0n) is 16.6. The third-order valence-electron chi connectivity index (χ3n) is 4.43. The molecule has 0 fully saturated rings. The molecular weight excluding hydrogens is 430 g/mol. The van der Waals surface area contributed by atoms with Gasteiger partial charge in [0.05, 0.1) is 0 Å². The van der Waals surface area contributed by atoms with Crippen LogP contribution in [0.4, 0.5) is 26.3 Å². The second-order valence-electron chi connectivity index (χ2n) is 7.08. The largest absolute Gasteiger partial charge is 0.463 e. The predicted molar refractivity (Wildman–Crippen MR) is 96.9 cm³/mol. The van der Waals surface area contributed by atoms with Crippen LogP contribution in [0.5, 0.6) is 5.88 Å². The molecule has 0 N–H and O–H groups in total. The average molecular weight is 448 g/mol. The van der Waals surface area contributed by atoms with E-state index >= 15 is 0 Å². The van der Waals surface area contributed by atoms with E-state index in [1.165, 1.54) is 30.5 Å². The van der Waals surface area contributed by atoms with Gasteiger partial charge in [-0.05, 0) is 25.1 Å². The minimum atomic E-state index is -4.67. The number of hydrogen-bond acceptors (Lipinski definition) is 5. The lowest BCUT2D eigenvalue weighted by Gasteiger charge is -2.19. The van der Waals surface area contributed by atoms with E-state index in [-0.39, 0.29) is 11.4 Å². The van der Waals surface area contributed by atoms with Crippen LogP contribution in [0, 0.1) is 11.7 Å². The number of fused-ring (bicyclic) bond motifs is 1. The van der Waals surface area contributed by atoms with Gasteiger partial charge >= 0.3 is 12.3 Å². The Labute approximate surface area is 172 Å². The van der Waals surface area contributed by atoms with Crippen LogP contribution < -0.4 is 4.74 Å². The molecule has 3 heterocycles. The summed E-state index contributed by atoms with van der Waals surface area (Å²) in [6.07, 6.45) is -7.68. The molecule has 0 saturated heterocycles. The van der Waals surface area contributed by atoms with E-state index in [0.29, 0.717) is 11.2 Å². The van der Waals surface area contributed by atoms with Crippen molar-refractivity contribution in [2.24, 2.45) is 5.92 Å². The third-order valence-corrected chi connectivity index (χ3v) is 4.43. The molecule has 0 radical (unpaired) electrons. The first kappa shape index (κ1) is 22.8. The van der Waals surface area contributed by atoms with Crippen LogP contribution in [-0.4, -0.2) is 38.0 Å². The van der Waals surface area contributed by atoms with Gasteiger partial charge in [-0.25, -0.2) is 9.37 Å². The molecule has 3 aromatic rings. The zero-order chi connectivity index (χ0) is 23.0. The van der Waals surface area contributed by atoms with Gasteiger partial charge in [0, 0.05) is 29.4 Å². The van der Waals surface area contributed by atoms with Crippen molar-refractivity contribution in [1.29, 1.82) is 0 Å². The van der Waals surface area contributed by atoms with Crippen LogP contribution in [0.25, 0.3) is 16.8 Å². The highest BCUT2D eigenvalue weighted by molar-refractivity contribution is 5.64. The summed E-state index contributed by atoms with van der Waals surface area (Å²) in [5.41, 5.74) is 0.952. The molecular formula is C19H18F6N4O2. The summed E-state index contributed by atoms with van der Waals surface area (Å²) in [6, 6.07) is 4.02. The third kappa shape index (κ3) is 5.06. The molecule has 0 aromatic carbocycles. The first-order chi connectivity index (χ1) is 14.4. The molecule has 0 aliphatic heterocycles. The van der Waals surface area contributed by atoms with Crippen molar-refractivity contribution in [2.45, 2.75) is 45.8 Å². The topological polar surface area (TPSA) is 61.5 Å². The highest BCUT2D eigenvalue weighted by Gasteiger charge is 2.39. The van der Waals surface area contributed by atoms with Crippen molar-refractivity contribution in [1.82, 2.24) is 19.6 Å². The van der Waals surface area contributed by atoms with Gasteiger partial charge in [0.2, 0.25) is 0 Å². The van der Waals surface area contributed by atoms with Gasteiger partial charge in [0.25, 0.3) is 5.88 Å². The van der Waals surface area contributed by atoms with Gasteiger partial charge in [-0.15, -0.1) is 10.2 Å². The fraction of sp³-hybridized carbons (Fsp3) is 0.421. The normalized spacial score (nSPS) is 13.7. The highest BCUT2D eigenvalue weighted by Crippen LogP contribution is 2.29. The maximum absolute atomic E-state index is 14.3. The molecule has 1 atom stereocenters. The van der Waals surface area contributed by atoms with E-state index < -0.39 is 42.6 Å². The van der Waals surface area contributed by atoms with E-state index in [1.54, 1.807) is 6.07 Å². The van der Waals surface area contributed by atoms with Gasteiger partial charge < -0.3 is 9.47 Å². The van der Waals surface area contributed by atoms with Crippen molar-refractivity contribution < 1.29 is 35.8 Å². The van der Waals surface area contributed by atoms with Gasteiger partial charge in [-0.2, -0.15) is 22.0 Å². The Balaban J connectivity index is 1.85.